The van der Waals surface area contributed by atoms with Crippen molar-refractivity contribution in [3.63, 3.8) is 0 Å². The number of anilines is 1. The summed E-state index contributed by atoms with van der Waals surface area (Å²) in [4.78, 5) is 11.8. The minimum atomic E-state index is -0.297. The Kier molecular flexibility index (Phi) is 4.31. The lowest BCUT2D eigenvalue weighted by Crippen LogP contribution is -2.28. The number of carbonyl (C=O) groups is 1. The van der Waals surface area contributed by atoms with E-state index in [1.807, 2.05) is 0 Å². The Morgan fingerprint density at radius 3 is 2.44 bits per heavy atom. The molecule has 1 aromatic rings. The van der Waals surface area contributed by atoms with E-state index in [2.05, 4.69) is 5.32 Å². The first-order valence-electron chi connectivity index (χ1n) is 6.44. The Morgan fingerprint density at radius 1 is 1.22 bits per heavy atom. The molecule has 0 spiro atoms. The number of halogens is 1. The van der Waals surface area contributed by atoms with Crippen molar-refractivity contribution in [3.8, 4) is 0 Å². The molecule has 4 heteroatoms. The SMILES string of the molecule is NC1CCC(CC(=O)Nc2ccc(F)cc2)CC1. The molecular formula is C14H19FN2O. The number of hydrogen-bond acceptors (Lipinski definition) is 2. The van der Waals surface area contributed by atoms with E-state index in [1.54, 1.807) is 12.1 Å². The lowest BCUT2D eigenvalue weighted by molar-refractivity contribution is -0.117. The topological polar surface area (TPSA) is 55.1 Å². The van der Waals surface area contributed by atoms with Crippen LogP contribution in [0.1, 0.15) is 32.1 Å². The Bertz CT molecular complexity index is 397. The monoisotopic (exact) mass is 250 g/mol. The molecule has 1 aromatic carbocycles. The van der Waals surface area contributed by atoms with Gasteiger partial charge in [-0.15, -0.1) is 0 Å². The number of hydrogen-bond donors (Lipinski definition) is 2. The third kappa shape index (κ3) is 3.81. The first-order chi connectivity index (χ1) is 8.63. The van der Waals surface area contributed by atoms with Crippen molar-refractivity contribution in [2.75, 3.05) is 5.32 Å². The van der Waals surface area contributed by atoms with Crippen LogP contribution in [0.3, 0.4) is 0 Å². The van der Waals surface area contributed by atoms with Gasteiger partial charge in [0.05, 0.1) is 0 Å². The Balaban J connectivity index is 1.80. The molecule has 1 fully saturated rings. The molecule has 0 aromatic heterocycles. The highest BCUT2D eigenvalue weighted by atomic mass is 19.1. The molecule has 0 aliphatic heterocycles. The molecule has 3 nitrogen and oxygen atoms in total. The third-order valence-electron chi connectivity index (χ3n) is 3.49. The summed E-state index contributed by atoms with van der Waals surface area (Å²) in [7, 11) is 0. The van der Waals surface area contributed by atoms with Crippen molar-refractivity contribution in [1.82, 2.24) is 0 Å². The highest BCUT2D eigenvalue weighted by molar-refractivity contribution is 5.90. The summed E-state index contributed by atoms with van der Waals surface area (Å²) in [5.74, 6) is 0.140. The zero-order valence-corrected chi connectivity index (χ0v) is 10.4. The van der Waals surface area contributed by atoms with E-state index < -0.39 is 0 Å². The van der Waals surface area contributed by atoms with Gasteiger partial charge in [-0.1, -0.05) is 0 Å². The molecule has 1 saturated carbocycles. The van der Waals surface area contributed by atoms with Crippen LogP contribution in [-0.2, 0) is 4.79 Å². The summed E-state index contributed by atoms with van der Waals surface area (Å²) in [6, 6.07) is 6.14. The second-order valence-electron chi connectivity index (χ2n) is 5.04. The van der Waals surface area contributed by atoms with Gasteiger partial charge in [0.15, 0.2) is 0 Å². The van der Waals surface area contributed by atoms with Crippen molar-refractivity contribution in [2.24, 2.45) is 11.7 Å². The predicted octanol–water partition coefficient (Wildman–Crippen LogP) is 2.67. The van der Waals surface area contributed by atoms with Gasteiger partial charge in [0.25, 0.3) is 0 Å². The van der Waals surface area contributed by atoms with Crippen LogP contribution in [-0.4, -0.2) is 11.9 Å². The smallest absolute Gasteiger partial charge is 0.224 e. The zero-order chi connectivity index (χ0) is 13.0. The maximum absolute atomic E-state index is 12.7. The van der Waals surface area contributed by atoms with Crippen LogP contribution in [0, 0.1) is 11.7 Å². The molecule has 3 N–H and O–H groups in total. The van der Waals surface area contributed by atoms with Crippen LogP contribution in [0.2, 0.25) is 0 Å². The van der Waals surface area contributed by atoms with E-state index in [0.29, 0.717) is 24.1 Å². The molecular weight excluding hydrogens is 231 g/mol. The van der Waals surface area contributed by atoms with E-state index in [-0.39, 0.29) is 11.7 Å². The fourth-order valence-corrected chi connectivity index (χ4v) is 2.40. The maximum atomic E-state index is 12.7. The van der Waals surface area contributed by atoms with E-state index in [4.69, 9.17) is 5.73 Å². The molecule has 1 aliphatic carbocycles. The van der Waals surface area contributed by atoms with Crippen molar-refractivity contribution < 1.29 is 9.18 Å². The molecule has 0 bridgehead atoms. The average molecular weight is 250 g/mol. The molecule has 2 rings (SSSR count). The van der Waals surface area contributed by atoms with Gasteiger partial charge in [0.2, 0.25) is 5.91 Å². The summed E-state index contributed by atoms with van der Waals surface area (Å²) in [5.41, 5.74) is 6.48. The molecule has 0 saturated heterocycles. The van der Waals surface area contributed by atoms with Crippen LogP contribution >= 0.6 is 0 Å². The molecule has 98 valence electrons. The lowest BCUT2D eigenvalue weighted by atomic mass is 9.84. The maximum Gasteiger partial charge on any atom is 0.224 e. The lowest BCUT2D eigenvalue weighted by Gasteiger charge is -2.25. The average Bonchev–Trinajstić information content (AvgIpc) is 2.35. The van der Waals surface area contributed by atoms with Crippen LogP contribution in [0.4, 0.5) is 10.1 Å². The number of nitrogens with two attached hydrogens (primary N) is 1. The van der Waals surface area contributed by atoms with Crippen molar-refractivity contribution in [2.45, 2.75) is 38.1 Å². The normalized spacial score (nSPS) is 23.7. The second-order valence-corrected chi connectivity index (χ2v) is 5.04. The van der Waals surface area contributed by atoms with Gasteiger partial charge in [-0.2, -0.15) is 0 Å². The number of benzene rings is 1. The Hall–Kier alpha value is -1.42. The Morgan fingerprint density at radius 2 is 1.83 bits per heavy atom. The van der Waals surface area contributed by atoms with E-state index in [1.165, 1.54) is 12.1 Å². The number of amides is 1. The van der Waals surface area contributed by atoms with Crippen LogP contribution in [0.5, 0.6) is 0 Å². The molecule has 0 unspecified atom stereocenters. The van der Waals surface area contributed by atoms with Gasteiger partial charge in [-0.3, -0.25) is 4.79 Å². The summed E-state index contributed by atoms with van der Waals surface area (Å²) in [6.07, 6.45) is 4.60. The minimum absolute atomic E-state index is 0.00193. The standard InChI is InChI=1S/C14H19FN2O/c15-11-3-7-13(8-4-11)17-14(18)9-10-1-5-12(16)6-2-10/h3-4,7-8,10,12H,1-2,5-6,9,16H2,(H,17,18). The summed E-state index contributed by atoms with van der Waals surface area (Å²) in [5, 5.41) is 2.79. The van der Waals surface area contributed by atoms with Gasteiger partial charge in [-0.25, -0.2) is 4.39 Å². The quantitative estimate of drug-likeness (QED) is 0.866. The highest BCUT2D eigenvalue weighted by Crippen LogP contribution is 2.26. The molecule has 1 amide bonds. The third-order valence-corrected chi connectivity index (χ3v) is 3.49. The van der Waals surface area contributed by atoms with Crippen LogP contribution < -0.4 is 11.1 Å². The predicted molar refractivity (Wildman–Crippen MR) is 69.6 cm³/mol. The first-order valence-corrected chi connectivity index (χ1v) is 6.44. The number of carbonyl (C=O) groups excluding carboxylic acids is 1. The van der Waals surface area contributed by atoms with E-state index in [0.717, 1.165) is 25.7 Å². The molecule has 0 atom stereocenters. The summed E-state index contributed by atoms with van der Waals surface area (Å²) in [6.45, 7) is 0. The molecule has 18 heavy (non-hydrogen) atoms. The molecule has 1 aliphatic rings. The van der Waals surface area contributed by atoms with Gasteiger partial charge >= 0.3 is 0 Å². The zero-order valence-electron chi connectivity index (χ0n) is 10.4. The van der Waals surface area contributed by atoms with Crippen molar-refractivity contribution in [1.29, 1.82) is 0 Å². The molecule has 0 heterocycles. The van der Waals surface area contributed by atoms with Crippen molar-refractivity contribution in [3.05, 3.63) is 30.1 Å². The fraction of sp³-hybridized carbons (Fsp3) is 0.500. The van der Waals surface area contributed by atoms with Crippen molar-refractivity contribution >= 4 is 11.6 Å². The fourth-order valence-electron chi connectivity index (χ4n) is 2.40. The Labute approximate surface area is 107 Å². The van der Waals surface area contributed by atoms with E-state index in [9.17, 15) is 9.18 Å². The second kappa shape index (κ2) is 5.96. The minimum Gasteiger partial charge on any atom is -0.328 e. The summed E-state index contributed by atoms with van der Waals surface area (Å²) < 4.78 is 12.7. The number of rotatable bonds is 3. The van der Waals surface area contributed by atoms with Gasteiger partial charge in [0, 0.05) is 18.2 Å². The van der Waals surface area contributed by atoms with Gasteiger partial charge in [0.1, 0.15) is 5.82 Å². The highest BCUT2D eigenvalue weighted by Gasteiger charge is 2.20. The van der Waals surface area contributed by atoms with Gasteiger partial charge < -0.3 is 11.1 Å². The van der Waals surface area contributed by atoms with E-state index >= 15 is 0 Å². The van der Waals surface area contributed by atoms with Gasteiger partial charge in [-0.05, 0) is 55.9 Å². The largest absolute Gasteiger partial charge is 0.328 e. The first kappa shape index (κ1) is 13.0. The number of nitrogens with one attached hydrogen (secondary N) is 1. The summed E-state index contributed by atoms with van der Waals surface area (Å²) >= 11 is 0. The van der Waals surface area contributed by atoms with Crippen LogP contribution in [0.15, 0.2) is 24.3 Å². The molecule has 0 radical (unpaired) electrons. The van der Waals surface area contributed by atoms with Crippen LogP contribution in [0.25, 0.3) is 0 Å².